The Kier molecular flexibility index (Phi) is 9.19. The number of hydrogen-bond acceptors (Lipinski definition) is 7. The summed E-state index contributed by atoms with van der Waals surface area (Å²) >= 11 is 0. The van der Waals surface area contributed by atoms with E-state index in [1.165, 1.54) is 32.8 Å². The summed E-state index contributed by atoms with van der Waals surface area (Å²) in [6.07, 6.45) is 7.06. The molecule has 0 spiro atoms. The number of hydrogen-bond donors (Lipinski definition) is 2. The van der Waals surface area contributed by atoms with Crippen molar-refractivity contribution in [2.24, 2.45) is 16.8 Å². The van der Waals surface area contributed by atoms with Crippen molar-refractivity contribution in [1.29, 1.82) is 0 Å². The molecular weight excluding hydrogens is 668 g/mol. The summed E-state index contributed by atoms with van der Waals surface area (Å²) in [7, 11) is 1.24. The van der Waals surface area contributed by atoms with Gasteiger partial charge in [-0.05, 0) is 82.5 Å². The molecule has 0 radical (unpaired) electrons. The van der Waals surface area contributed by atoms with Crippen LogP contribution in [-0.4, -0.2) is 71.5 Å². The van der Waals surface area contributed by atoms with Crippen molar-refractivity contribution < 1.29 is 32.6 Å². The molecular formula is C40H43F2N5O5. The number of fused-ring (bicyclic) bond motifs is 6. The van der Waals surface area contributed by atoms with E-state index in [9.17, 15) is 18.4 Å². The van der Waals surface area contributed by atoms with Gasteiger partial charge in [0.15, 0.2) is 0 Å². The largest absolute Gasteiger partial charge is 0.488 e. The lowest BCUT2D eigenvalue weighted by molar-refractivity contribution is -0.139. The molecule has 52 heavy (non-hydrogen) atoms. The zero-order valence-corrected chi connectivity index (χ0v) is 29.6. The fourth-order valence-corrected chi connectivity index (χ4v) is 8.47. The zero-order chi connectivity index (χ0) is 36.1. The number of benzene rings is 3. The van der Waals surface area contributed by atoms with Gasteiger partial charge in [0.1, 0.15) is 24.2 Å². The number of rotatable bonds is 9. The van der Waals surface area contributed by atoms with Gasteiger partial charge in [0.05, 0.1) is 37.3 Å². The number of nitrogens with one attached hydrogen (secondary N) is 2. The summed E-state index contributed by atoms with van der Waals surface area (Å²) in [6, 6.07) is 13.5. The molecule has 12 heteroatoms. The number of carbonyl (C=O) groups excluding carboxylic acids is 2. The number of nitrogens with zero attached hydrogens (tertiary/aromatic N) is 3. The topological polar surface area (TPSA) is 118 Å². The van der Waals surface area contributed by atoms with Crippen LogP contribution in [-0.2, 0) is 27.3 Å². The fraction of sp³-hybridized carbons (Fsp3) is 0.450. The first kappa shape index (κ1) is 34.3. The predicted molar refractivity (Wildman–Crippen MR) is 193 cm³/mol. The highest BCUT2D eigenvalue weighted by atomic mass is 19.3. The third-order valence-corrected chi connectivity index (χ3v) is 11.2. The Balaban J connectivity index is 1.06. The van der Waals surface area contributed by atoms with E-state index in [1.807, 2.05) is 26.1 Å². The standard InChI is InChI=1S/C40H43F2N5O5/c1-21(2)36(46-40(49)50-3)38(48)47-18-22(19-52-39(41)42)12-34(47)32-15-29-28-16-35-30(14-24(28)9-11-31(29)44-32)27-10-8-25(13-26(27)20-51-35)33-17-43-37(45-33)23-6-4-5-7-23/h8-11,13-14,16-17,21-23,34,36,39H,4-7,12,15,18-20H2,1-3H3,(H,43,45)(H,46,49)/t22-,34-,36-/m0/s1. The van der Waals surface area contributed by atoms with Crippen molar-refractivity contribution in [1.82, 2.24) is 20.2 Å². The summed E-state index contributed by atoms with van der Waals surface area (Å²) in [6.45, 7) is 1.24. The van der Waals surface area contributed by atoms with Crippen LogP contribution in [0.1, 0.15) is 68.8 Å². The average Bonchev–Trinajstić information content (AvgIpc) is 3.97. The van der Waals surface area contributed by atoms with Gasteiger partial charge >= 0.3 is 12.7 Å². The van der Waals surface area contributed by atoms with Crippen LogP contribution in [0.3, 0.4) is 0 Å². The normalized spacial score (nSPS) is 20.1. The second kappa shape index (κ2) is 13.9. The van der Waals surface area contributed by atoms with Gasteiger partial charge in [0.2, 0.25) is 5.91 Å². The van der Waals surface area contributed by atoms with Crippen molar-refractivity contribution in [2.45, 2.75) is 83.6 Å². The molecule has 4 aromatic rings. The molecule has 272 valence electrons. The first-order valence-electron chi connectivity index (χ1n) is 18.2. The first-order valence-corrected chi connectivity index (χ1v) is 18.2. The van der Waals surface area contributed by atoms with Crippen molar-refractivity contribution in [3.8, 4) is 28.1 Å². The Bertz CT molecular complexity index is 2060. The highest BCUT2D eigenvalue weighted by molar-refractivity contribution is 6.06. The summed E-state index contributed by atoms with van der Waals surface area (Å²) < 4.78 is 41.9. The Hall–Kier alpha value is -4.84. The molecule has 1 saturated carbocycles. The van der Waals surface area contributed by atoms with Gasteiger partial charge in [-0.2, -0.15) is 8.78 Å². The van der Waals surface area contributed by atoms with Crippen LogP contribution in [0, 0.1) is 11.8 Å². The van der Waals surface area contributed by atoms with Crippen molar-refractivity contribution in [2.75, 3.05) is 20.3 Å². The fourth-order valence-electron chi connectivity index (χ4n) is 8.47. The van der Waals surface area contributed by atoms with Crippen LogP contribution in [0.15, 0.2) is 53.7 Å². The number of amides is 2. The monoisotopic (exact) mass is 711 g/mol. The first-order chi connectivity index (χ1) is 25.2. The number of alkyl halides is 2. The number of H-pyrrole nitrogens is 1. The Labute approximate surface area is 300 Å². The number of likely N-dealkylation sites (tertiary alicyclic amines) is 1. The minimum absolute atomic E-state index is 0.187. The lowest BCUT2D eigenvalue weighted by Crippen LogP contribution is -2.53. The van der Waals surface area contributed by atoms with E-state index in [1.54, 1.807) is 4.90 Å². The summed E-state index contributed by atoms with van der Waals surface area (Å²) in [5.74, 6) is 1.55. The van der Waals surface area contributed by atoms with Crippen LogP contribution >= 0.6 is 0 Å². The number of carbonyl (C=O) groups is 2. The molecule has 2 fully saturated rings. The number of halogens is 2. The molecule has 2 amide bonds. The van der Waals surface area contributed by atoms with Crippen molar-refractivity contribution in [3.63, 3.8) is 0 Å². The molecule has 1 aromatic heterocycles. The molecule has 8 rings (SSSR count). The van der Waals surface area contributed by atoms with Crippen LogP contribution in [0.5, 0.6) is 5.75 Å². The van der Waals surface area contributed by atoms with E-state index in [0.29, 0.717) is 25.4 Å². The highest BCUT2D eigenvalue weighted by Gasteiger charge is 2.43. The summed E-state index contributed by atoms with van der Waals surface area (Å²) in [5, 5.41) is 4.73. The molecule has 1 aliphatic carbocycles. The second-order valence-electron chi connectivity index (χ2n) is 14.8. The third-order valence-electron chi connectivity index (χ3n) is 11.2. The Morgan fingerprint density at radius 3 is 2.69 bits per heavy atom. The number of imidazole rings is 1. The van der Waals surface area contributed by atoms with Gasteiger partial charge in [-0.1, -0.05) is 44.9 Å². The molecule has 10 nitrogen and oxygen atoms in total. The Morgan fingerprint density at radius 2 is 1.92 bits per heavy atom. The SMILES string of the molecule is COC(=O)N[C@H](C(=O)N1C[C@@H](COC(F)F)C[C@H]1C1=Nc2ccc3cc4c(cc3c2C1)OCc1cc(-c2cnc(C3CCCC3)[nH]2)ccc1-4)C(C)C. The molecule has 3 aromatic carbocycles. The zero-order valence-electron chi connectivity index (χ0n) is 29.6. The third kappa shape index (κ3) is 6.42. The number of aromatic nitrogens is 2. The maximum atomic E-state index is 14.0. The van der Waals surface area contributed by atoms with Gasteiger partial charge in [-0.3, -0.25) is 9.79 Å². The van der Waals surface area contributed by atoms with E-state index in [-0.39, 0.29) is 30.9 Å². The Morgan fingerprint density at radius 1 is 1.10 bits per heavy atom. The maximum Gasteiger partial charge on any atom is 0.407 e. The number of aliphatic imine (C=N–C) groups is 1. The number of ether oxygens (including phenoxy) is 3. The van der Waals surface area contributed by atoms with Gasteiger partial charge < -0.3 is 29.4 Å². The molecule has 0 unspecified atom stereocenters. The van der Waals surface area contributed by atoms with E-state index >= 15 is 0 Å². The molecule has 3 aliphatic heterocycles. The predicted octanol–water partition coefficient (Wildman–Crippen LogP) is 7.91. The smallest absolute Gasteiger partial charge is 0.407 e. The number of aromatic amines is 1. The van der Waals surface area contributed by atoms with E-state index in [0.717, 1.165) is 67.3 Å². The average molecular weight is 712 g/mol. The maximum absolute atomic E-state index is 14.0. The molecule has 2 N–H and O–H groups in total. The van der Waals surface area contributed by atoms with Crippen molar-refractivity contribution >= 4 is 34.2 Å². The molecule has 1 saturated heterocycles. The van der Waals surface area contributed by atoms with Crippen LogP contribution in [0.4, 0.5) is 19.3 Å². The lowest BCUT2D eigenvalue weighted by Gasteiger charge is -2.31. The molecule has 4 heterocycles. The number of methoxy groups -OCH3 is 1. The van der Waals surface area contributed by atoms with E-state index < -0.39 is 24.8 Å². The lowest BCUT2D eigenvalue weighted by atomic mass is 9.90. The minimum atomic E-state index is -2.90. The van der Waals surface area contributed by atoms with Crippen molar-refractivity contribution in [3.05, 3.63) is 65.6 Å². The van der Waals surface area contributed by atoms with Crippen LogP contribution in [0.2, 0.25) is 0 Å². The molecule has 4 aliphatic rings. The van der Waals surface area contributed by atoms with E-state index in [4.69, 9.17) is 19.5 Å². The van der Waals surface area contributed by atoms with Gasteiger partial charge in [-0.25, -0.2) is 9.78 Å². The summed E-state index contributed by atoms with van der Waals surface area (Å²) in [4.78, 5) is 41.1. The van der Waals surface area contributed by atoms with E-state index in [2.05, 4.69) is 51.4 Å². The molecule has 0 bridgehead atoms. The minimum Gasteiger partial charge on any atom is -0.488 e. The van der Waals surface area contributed by atoms with Gasteiger partial charge in [0.25, 0.3) is 0 Å². The van der Waals surface area contributed by atoms with Crippen LogP contribution in [0.25, 0.3) is 33.2 Å². The quantitative estimate of drug-likeness (QED) is 0.182. The highest BCUT2D eigenvalue weighted by Crippen LogP contribution is 2.45. The van der Waals surface area contributed by atoms with Gasteiger partial charge in [0, 0.05) is 36.1 Å². The molecule has 3 atom stereocenters. The van der Waals surface area contributed by atoms with Gasteiger partial charge in [-0.15, -0.1) is 0 Å². The number of alkyl carbamates (subject to hydrolysis) is 1. The summed E-state index contributed by atoms with van der Waals surface area (Å²) in [5.41, 5.74) is 8.02. The van der Waals surface area contributed by atoms with Crippen LogP contribution < -0.4 is 10.1 Å². The second-order valence-corrected chi connectivity index (χ2v) is 14.8.